The average Bonchev–Trinajstić information content (AvgIpc) is 2.49. The zero-order valence-corrected chi connectivity index (χ0v) is 11.3. The van der Waals surface area contributed by atoms with Gasteiger partial charge in [-0.05, 0) is 0 Å². The van der Waals surface area contributed by atoms with Gasteiger partial charge in [-0.15, -0.1) is 5.26 Å². The number of nitrogens with zero attached hydrogens (tertiary/aromatic N) is 3. The van der Waals surface area contributed by atoms with Crippen LogP contribution < -0.4 is 4.48 Å². The van der Waals surface area contributed by atoms with Crippen LogP contribution in [0.1, 0.15) is 6.92 Å². The van der Waals surface area contributed by atoms with Gasteiger partial charge in [0.05, 0.1) is 11.8 Å². The second-order valence-corrected chi connectivity index (χ2v) is 4.37. The third-order valence-electron chi connectivity index (χ3n) is 3.21. The number of quaternary nitrogens is 1. The summed E-state index contributed by atoms with van der Waals surface area (Å²) in [5.41, 5.74) is 0.128. The maximum absolute atomic E-state index is 12.2. The predicted octanol–water partition coefficient (Wildman–Crippen LogP) is 3.26. The summed E-state index contributed by atoms with van der Waals surface area (Å²) in [4.78, 5) is 22.8. The van der Waals surface area contributed by atoms with Gasteiger partial charge in [0, 0.05) is 24.3 Å². The molecular weight excluding hydrogens is 270 g/mol. The summed E-state index contributed by atoms with van der Waals surface area (Å²) >= 11 is 0. The van der Waals surface area contributed by atoms with Gasteiger partial charge < -0.3 is 0 Å². The minimum absolute atomic E-state index is 0.0312. The van der Waals surface area contributed by atoms with Crippen LogP contribution in [0.15, 0.2) is 54.6 Å². The SMILES string of the molecule is CC(=O)[N+](C#N)(c1ccccc1)c1ccccc1[N+](=O)[O-]. The number of nitriles is 1. The Balaban J connectivity index is 2.84. The standard InChI is InChI=1S/C15H12N3O3/c1-12(19)18(11-16,13-7-3-2-4-8-13)15-10-6-5-9-14(15)17(20)21/h2-10H,1H3/q+1. The van der Waals surface area contributed by atoms with Gasteiger partial charge in [0.2, 0.25) is 5.69 Å². The van der Waals surface area contributed by atoms with E-state index in [2.05, 4.69) is 0 Å². The van der Waals surface area contributed by atoms with E-state index in [-0.39, 0.29) is 11.4 Å². The van der Waals surface area contributed by atoms with Crippen LogP contribution in [0.3, 0.4) is 0 Å². The third-order valence-corrected chi connectivity index (χ3v) is 3.21. The van der Waals surface area contributed by atoms with Gasteiger partial charge in [0.15, 0.2) is 5.69 Å². The fourth-order valence-electron chi connectivity index (χ4n) is 2.23. The normalized spacial score (nSPS) is 13.0. The highest BCUT2D eigenvalue weighted by Crippen LogP contribution is 2.40. The topological polar surface area (TPSA) is 84.0 Å². The Morgan fingerprint density at radius 1 is 1.14 bits per heavy atom. The number of amides is 1. The monoisotopic (exact) mass is 282 g/mol. The molecule has 0 saturated carbocycles. The molecule has 0 aromatic heterocycles. The van der Waals surface area contributed by atoms with Crippen LogP contribution in [0, 0.1) is 21.6 Å². The Labute approximate surface area is 121 Å². The Kier molecular flexibility index (Phi) is 3.78. The number of rotatable bonds is 3. The van der Waals surface area contributed by atoms with Gasteiger partial charge in [-0.2, -0.15) is 0 Å². The van der Waals surface area contributed by atoms with Crippen LogP contribution >= 0.6 is 0 Å². The van der Waals surface area contributed by atoms with Gasteiger partial charge in [-0.3, -0.25) is 10.1 Å². The highest BCUT2D eigenvalue weighted by atomic mass is 16.6. The summed E-state index contributed by atoms with van der Waals surface area (Å²) in [6, 6.07) is 14.1. The highest BCUT2D eigenvalue weighted by molar-refractivity contribution is 5.98. The van der Waals surface area contributed by atoms with Crippen LogP contribution in [0.25, 0.3) is 0 Å². The number of carbonyl (C=O) groups is 1. The molecule has 6 nitrogen and oxygen atoms in total. The predicted molar refractivity (Wildman–Crippen MR) is 77.3 cm³/mol. The first-order valence-corrected chi connectivity index (χ1v) is 6.15. The molecule has 0 N–H and O–H groups in total. The minimum Gasteiger partial charge on any atom is -0.258 e. The molecule has 1 unspecified atom stereocenters. The fourth-order valence-corrected chi connectivity index (χ4v) is 2.23. The van der Waals surface area contributed by atoms with Gasteiger partial charge in [-0.1, -0.05) is 34.8 Å². The lowest BCUT2D eigenvalue weighted by molar-refractivity contribution is -0.384. The summed E-state index contributed by atoms with van der Waals surface area (Å²) in [6.45, 7) is 1.24. The van der Waals surface area contributed by atoms with E-state index in [0.29, 0.717) is 5.69 Å². The number of hydrogen-bond donors (Lipinski definition) is 0. The molecule has 2 aromatic carbocycles. The number of benzene rings is 2. The van der Waals surface area contributed by atoms with E-state index in [1.54, 1.807) is 36.4 Å². The van der Waals surface area contributed by atoms with Crippen LogP contribution in [0.4, 0.5) is 17.1 Å². The van der Waals surface area contributed by atoms with Gasteiger partial charge in [0.1, 0.15) is 0 Å². The van der Waals surface area contributed by atoms with Crippen molar-refractivity contribution in [3.63, 3.8) is 0 Å². The van der Waals surface area contributed by atoms with Crippen LogP contribution in [0.2, 0.25) is 0 Å². The fraction of sp³-hybridized carbons (Fsp3) is 0.0667. The van der Waals surface area contributed by atoms with Crippen molar-refractivity contribution in [1.29, 1.82) is 5.26 Å². The first-order valence-electron chi connectivity index (χ1n) is 6.15. The van der Waals surface area contributed by atoms with Gasteiger partial charge in [-0.25, -0.2) is 4.79 Å². The third kappa shape index (κ3) is 2.26. The average molecular weight is 282 g/mol. The lowest BCUT2D eigenvalue weighted by atomic mass is 10.1. The molecule has 0 aliphatic carbocycles. The quantitative estimate of drug-likeness (QED) is 0.374. The second kappa shape index (κ2) is 5.53. The van der Waals surface area contributed by atoms with Crippen molar-refractivity contribution in [2.45, 2.75) is 6.92 Å². The van der Waals surface area contributed by atoms with E-state index in [9.17, 15) is 20.2 Å². The maximum atomic E-state index is 12.2. The van der Waals surface area contributed by atoms with Crippen molar-refractivity contribution < 1.29 is 9.72 Å². The smallest absolute Gasteiger partial charge is 0.258 e. The summed E-state index contributed by atoms with van der Waals surface area (Å²) in [5, 5.41) is 20.9. The van der Waals surface area contributed by atoms with Gasteiger partial charge >= 0.3 is 17.8 Å². The zero-order valence-electron chi connectivity index (χ0n) is 11.3. The molecular formula is C15H12N3O3+. The highest BCUT2D eigenvalue weighted by Gasteiger charge is 2.45. The molecule has 0 heterocycles. The summed E-state index contributed by atoms with van der Waals surface area (Å²) < 4.78 is -0.863. The summed E-state index contributed by atoms with van der Waals surface area (Å²) in [5.74, 6) is -0.516. The number of hydrogen-bond acceptors (Lipinski definition) is 4. The Morgan fingerprint density at radius 2 is 1.71 bits per heavy atom. The van der Waals surface area contributed by atoms with Crippen molar-refractivity contribution in [2.75, 3.05) is 0 Å². The van der Waals surface area contributed by atoms with E-state index < -0.39 is 15.3 Å². The van der Waals surface area contributed by atoms with Gasteiger partial charge in [0.25, 0.3) is 0 Å². The van der Waals surface area contributed by atoms with E-state index in [1.807, 2.05) is 6.19 Å². The maximum Gasteiger partial charge on any atom is 0.335 e. The second-order valence-electron chi connectivity index (χ2n) is 4.37. The molecule has 1 atom stereocenters. The van der Waals surface area contributed by atoms with E-state index in [1.165, 1.54) is 25.1 Å². The van der Waals surface area contributed by atoms with Crippen molar-refractivity contribution in [1.82, 2.24) is 4.48 Å². The summed E-state index contributed by atoms with van der Waals surface area (Å²) in [7, 11) is 0. The minimum atomic E-state index is -0.863. The molecule has 0 spiro atoms. The molecule has 21 heavy (non-hydrogen) atoms. The van der Waals surface area contributed by atoms with Crippen LogP contribution in [-0.2, 0) is 4.79 Å². The summed E-state index contributed by atoms with van der Waals surface area (Å²) in [6.07, 6.45) is 1.93. The Bertz CT molecular complexity index is 737. The molecule has 6 heteroatoms. The number of carbonyl (C=O) groups excluding carboxylic acids is 1. The Morgan fingerprint density at radius 3 is 2.24 bits per heavy atom. The number of nitro groups is 1. The van der Waals surface area contributed by atoms with E-state index in [4.69, 9.17) is 0 Å². The molecule has 2 rings (SSSR count). The molecule has 0 saturated heterocycles. The number of nitro benzene ring substituents is 1. The lowest BCUT2D eigenvalue weighted by Gasteiger charge is -2.24. The molecule has 0 fully saturated rings. The van der Waals surface area contributed by atoms with Crippen LogP contribution in [0.5, 0.6) is 0 Å². The number of para-hydroxylation sites is 3. The molecule has 104 valence electrons. The van der Waals surface area contributed by atoms with Crippen molar-refractivity contribution in [2.24, 2.45) is 0 Å². The van der Waals surface area contributed by atoms with Crippen molar-refractivity contribution in [3.8, 4) is 6.19 Å². The first kappa shape index (κ1) is 14.4. The van der Waals surface area contributed by atoms with E-state index in [0.717, 1.165) is 0 Å². The zero-order chi connectivity index (χ0) is 15.5. The molecule has 2 aromatic rings. The molecule has 0 radical (unpaired) electrons. The van der Waals surface area contributed by atoms with Crippen molar-refractivity contribution >= 4 is 23.0 Å². The van der Waals surface area contributed by atoms with Crippen LogP contribution in [-0.4, -0.2) is 10.8 Å². The lowest BCUT2D eigenvalue weighted by Crippen LogP contribution is -2.43. The van der Waals surface area contributed by atoms with Crippen molar-refractivity contribution in [3.05, 3.63) is 64.7 Å². The molecule has 0 aliphatic heterocycles. The first-order chi connectivity index (χ1) is 10.0. The molecule has 0 aliphatic rings. The molecule has 0 bridgehead atoms. The largest absolute Gasteiger partial charge is 0.335 e. The Hall–Kier alpha value is -3.04. The molecule has 1 amide bonds. The van der Waals surface area contributed by atoms with E-state index >= 15 is 0 Å².